The second-order valence-electron chi connectivity index (χ2n) is 4.28. The van der Waals surface area contributed by atoms with Crippen LogP contribution in [0.2, 0.25) is 10.0 Å². The number of aromatic nitrogens is 1. The highest BCUT2D eigenvalue weighted by atomic mass is 35.5. The Labute approximate surface area is 128 Å². The topological polar surface area (TPSA) is 34.2 Å². The number of methoxy groups -OCH3 is 1. The maximum absolute atomic E-state index is 6.11. The minimum absolute atomic E-state index is 0.0917. The van der Waals surface area contributed by atoms with Gasteiger partial charge < -0.3 is 10.1 Å². The highest BCUT2D eigenvalue weighted by Gasteiger charge is 2.19. The molecule has 2 rings (SSSR count). The third kappa shape index (κ3) is 3.42. The second kappa shape index (κ2) is 6.93. The van der Waals surface area contributed by atoms with Gasteiger partial charge >= 0.3 is 0 Å². The number of ether oxygens (including phenoxy) is 1. The molecule has 3 nitrogen and oxygen atoms in total. The molecule has 0 fully saturated rings. The molecule has 0 saturated heterocycles. The summed E-state index contributed by atoms with van der Waals surface area (Å²) in [5, 5.41) is 4.67. The molecule has 20 heavy (non-hydrogen) atoms. The van der Waals surface area contributed by atoms with Gasteiger partial charge in [0.2, 0.25) is 0 Å². The molecule has 1 aromatic carbocycles. The molecule has 0 spiro atoms. The van der Waals surface area contributed by atoms with E-state index < -0.39 is 0 Å². The third-order valence-electron chi connectivity index (χ3n) is 2.96. The van der Waals surface area contributed by atoms with Crippen molar-refractivity contribution in [2.75, 3.05) is 13.7 Å². The first kappa shape index (κ1) is 15.1. The largest absolute Gasteiger partial charge is 0.496 e. The van der Waals surface area contributed by atoms with E-state index in [0.29, 0.717) is 10.0 Å². The smallest absolute Gasteiger partial charge is 0.124 e. The van der Waals surface area contributed by atoms with Crippen molar-refractivity contribution in [3.05, 3.63) is 57.8 Å². The van der Waals surface area contributed by atoms with Gasteiger partial charge in [0.15, 0.2) is 0 Å². The van der Waals surface area contributed by atoms with Gasteiger partial charge in [-0.1, -0.05) is 30.1 Å². The van der Waals surface area contributed by atoms with Crippen molar-refractivity contribution >= 4 is 23.2 Å². The van der Waals surface area contributed by atoms with E-state index in [4.69, 9.17) is 27.9 Å². The van der Waals surface area contributed by atoms with Crippen LogP contribution in [0, 0.1) is 0 Å². The summed E-state index contributed by atoms with van der Waals surface area (Å²) < 4.78 is 5.42. The molecule has 0 saturated carbocycles. The zero-order chi connectivity index (χ0) is 14.5. The summed E-state index contributed by atoms with van der Waals surface area (Å²) in [7, 11) is 1.64. The van der Waals surface area contributed by atoms with Crippen molar-refractivity contribution in [3.63, 3.8) is 0 Å². The molecule has 0 bridgehead atoms. The lowest BCUT2D eigenvalue weighted by molar-refractivity contribution is 0.404. The molecule has 0 radical (unpaired) electrons. The summed E-state index contributed by atoms with van der Waals surface area (Å²) in [6.45, 7) is 2.84. The summed E-state index contributed by atoms with van der Waals surface area (Å²) in [5.74, 6) is 0.775. The van der Waals surface area contributed by atoms with Gasteiger partial charge in [-0.25, -0.2) is 0 Å². The van der Waals surface area contributed by atoms with Crippen molar-refractivity contribution in [1.29, 1.82) is 0 Å². The number of hydrogen-bond acceptors (Lipinski definition) is 3. The van der Waals surface area contributed by atoms with Crippen LogP contribution < -0.4 is 10.1 Å². The van der Waals surface area contributed by atoms with E-state index in [1.54, 1.807) is 13.3 Å². The zero-order valence-electron chi connectivity index (χ0n) is 11.4. The fourth-order valence-electron chi connectivity index (χ4n) is 2.07. The lowest BCUT2D eigenvalue weighted by atomic mass is 10.0. The van der Waals surface area contributed by atoms with E-state index in [9.17, 15) is 0 Å². The number of pyridine rings is 1. The first-order valence-electron chi connectivity index (χ1n) is 6.34. The average molecular weight is 311 g/mol. The molecule has 1 N–H and O–H groups in total. The van der Waals surface area contributed by atoms with Gasteiger partial charge in [0.25, 0.3) is 0 Å². The van der Waals surface area contributed by atoms with E-state index in [0.717, 1.165) is 23.6 Å². The van der Waals surface area contributed by atoms with Crippen LogP contribution in [0.1, 0.15) is 24.2 Å². The summed E-state index contributed by atoms with van der Waals surface area (Å²) in [6, 6.07) is 9.19. The fourth-order valence-corrected chi connectivity index (χ4v) is 2.36. The number of halogens is 2. The number of rotatable bonds is 5. The number of nitrogens with zero attached hydrogens (tertiary/aromatic N) is 1. The zero-order valence-corrected chi connectivity index (χ0v) is 12.9. The van der Waals surface area contributed by atoms with Gasteiger partial charge in [-0.15, -0.1) is 0 Å². The van der Waals surface area contributed by atoms with Crippen LogP contribution in [0.15, 0.2) is 36.5 Å². The predicted molar refractivity (Wildman–Crippen MR) is 82.8 cm³/mol. The molecule has 0 aliphatic heterocycles. The minimum Gasteiger partial charge on any atom is -0.496 e. The van der Waals surface area contributed by atoms with Crippen LogP contribution in [0.4, 0.5) is 0 Å². The third-order valence-corrected chi connectivity index (χ3v) is 3.42. The highest BCUT2D eigenvalue weighted by molar-refractivity contribution is 6.30. The van der Waals surface area contributed by atoms with Gasteiger partial charge in [-0.05, 0) is 36.9 Å². The normalized spacial score (nSPS) is 12.2. The van der Waals surface area contributed by atoms with Crippen molar-refractivity contribution < 1.29 is 4.74 Å². The molecule has 0 aliphatic carbocycles. The van der Waals surface area contributed by atoms with E-state index in [2.05, 4.69) is 10.3 Å². The SMILES string of the molecule is CCNC(c1ccc(Cl)cn1)c1cc(Cl)ccc1OC. The molecule has 2 aromatic rings. The average Bonchev–Trinajstić information content (AvgIpc) is 2.46. The fraction of sp³-hybridized carbons (Fsp3) is 0.267. The maximum Gasteiger partial charge on any atom is 0.124 e. The van der Waals surface area contributed by atoms with Crippen LogP contribution in [0.25, 0.3) is 0 Å². The Balaban J connectivity index is 2.47. The number of hydrogen-bond donors (Lipinski definition) is 1. The summed E-state index contributed by atoms with van der Waals surface area (Å²) in [5.41, 5.74) is 1.83. The van der Waals surface area contributed by atoms with E-state index in [-0.39, 0.29) is 6.04 Å². The monoisotopic (exact) mass is 310 g/mol. The molecule has 5 heteroatoms. The van der Waals surface area contributed by atoms with E-state index in [1.165, 1.54) is 0 Å². The minimum atomic E-state index is -0.0917. The number of benzene rings is 1. The van der Waals surface area contributed by atoms with Crippen molar-refractivity contribution in [1.82, 2.24) is 10.3 Å². The van der Waals surface area contributed by atoms with Gasteiger partial charge in [0.1, 0.15) is 5.75 Å². The van der Waals surface area contributed by atoms with Crippen LogP contribution in [-0.2, 0) is 0 Å². The van der Waals surface area contributed by atoms with Gasteiger partial charge in [-0.2, -0.15) is 0 Å². The van der Waals surface area contributed by atoms with E-state index >= 15 is 0 Å². The quantitative estimate of drug-likeness (QED) is 0.903. The first-order chi connectivity index (χ1) is 9.65. The molecule has 106 valence electrons. The summed E-state index contributed by atoms with van der Waals surface area (Å²) in [6.07, 6.45) is 1.64. The Hall–Kier alpha value is -1.29. The van der Waals surface area contributed by atoms with Crippen LogP contribution >= 0.6 is 23.2 Å². The van der Waals surface area contributed by atoms with E-state index in [1.807, 2.05) is 37.3 Å². The molecule has 0 amide bonds. The molecule has 1 aromatic heterocycles. The van der Waals surface area contributed by atoms with Crippen molar-refractivity contribution in [3.8, 4) is 5.75 Å². The Morgan fingerprint density at radius 3 is 2.55 bits per heavy atom. The highest BCUT2D eigenvalue weighted by Crippen LogP contribution is 2.31. The van der Waals surface area contributed by atoms with Gasteiger partial charge in [0, 0.05) is 16.8 Å². The first-order valence-corrected chi connectivity index (χ1v) is 7.09. The molecule has 1 unspecified atom stereocenters. The number of nitrogens with one attached hydrogen (secondary N) is 1. The second-order valence-corrected chi connectivity index (χ2v) is 5.15. The molecular weight excluding hydrogens is 295 g/mol. The van der Waals surface area contributed by atoms with Crippen molar-refractivity contribution in [2.24, 2.45) is 0 Å². The molecular formula is C15H16Cl2N2O. The van der Waals surface area contributed by atoms with Gasteiger partial charge in [-0.3, -0.25) is 4.98 Å². The molecule has 1 atom stereocenters. The Bertz CT molecular complexity index is 573. The maximum atomic E-state index is 6.11. The van der Waals surface area contributed by atoms with Crippen LogP contribution in [0.3, 0.4) is 0 Å². The summed E-state index contributed by atoms with van der Waals surface area (Å²) >= 11 is 12.0. The molecule has 1 heterocycles. The van der Waals surface area contributed by atoms with Crippen LogP contribution in [0.5, 0.6) is 5.75 Å². The Morgan fingerprint density at radius 2 is 1.95 bits per heavy atom. The van der Waals surface area contributed by atoms with Crippen LogP contribution in [-0.4, -0.2) is 18.6 Å². The van der Waals surface area contributed by atoms with Gasteiger partial charge in [0.05, 0.1) is 23.9 Å². The Morgan fingerprint density at radius 1 is 1.20 bits per heavy atom. The predicted octanol–water partition coefficient (Wildman–Crippen LogP) is 4.10. The lowest BCUT2D eigenvalue weighted by Crippen LogP contribution is -2.23. The van der Waals surface area contributed by atoms with Crippen molar-refractivity contribution in [2.45, 2.75) is 13.0 Å². The lowest BCUT2D eigenvalue weighted by Gasteiger charge is -2.20. The Kier molecular flexibility index (Phi) is 5.24. The standard InChI is InChI=1S/C15H16Cl2N2O/c1-3-18-15(13-6-4-11(17)9-19-13)12-8-10(16)5-7-14(12)20-2/h4-9,15,18H,3H2,1-2H3. The summed E-state index contributed by atoms with van der Waals surface area (Å²) in [4.78, 5) is 4.39. The molecule has 0 aliphatic rings.